The average molecular weight is 340 g/mol. The number of rotatable bonds is 5. The van der Waals surface area contributed by atoms with Gasteiger partial charge in [-0.2, -0.15) is 0 Å². The zero-order valence-electron chi connectivity index (χ0n) is 14.4. The van der Waals surface area contributed by atoms with Crippen LogP contribution in [0.4, 0.5) is 5.69 Å². The maximum Gasteiger partial charge on any atom is 0.238 e. The van der Waals surface area contributed by atoms with E-state index in [2.05, 4.69) is 5.32 Å². The number of nitrogens with one attached hydrogen (secondary N) is 1. The number of nitrogens with zero attached hydrogens (tertiary/aromatic N) is 1. The van der Waals surface area contributed by atoms with E-state index in [0.29, 0.717) is 13.1 Å². The quantitative estimate of drug-likeness (QED) is 0.877. The summed E-state index contributed by atoms with van der Waals surface area (Å²) >= 11 is 0. The van der Waals surface area contributed by atoms with Crippen LogP contribution in [0.1, 0.15) is 18.4 Å². The standard InChI is InChI=1S/C20H24N2O3/c1-15-4-2-6-19(12-15)25-18-9-7-16(8-10-18)21-20(24)14-22-11-3-5-17(23)13-22/h2,4,6-10,12,17,23H,3,5,11,13-14H2,1H3,(H,21,24). The molecule has 1 saturated heterocycles. The minimum Gasteiger partial charge on any atom is -0.457 e. The molecular formula is C20H24N2O3. The molecule has 1 fully saturated rings. The van der Waals surface area contributed by atoms with Crippen LogP contribution >= 0.6 is 0 Å². The van der Waals surface area contributed by atoms with Crippen molar-refractivity contribution in [2.24, 2.45) is 0 Å². The van der Waals surface area contributed by atoms with Gasteiger partial charge in [0.25, 0.3) is 0 Å². The fourth-order valence-corrected chi connectivity index (χ4v) is 3.00. The van der Waals surface area contributed by atoms with E-state index >= 15 is 0 Å². The monoisotopic (exact) mass is 340 g/mol. The minimum absolute atomic E-state index is 0.0681. The number of hydrogen-bond acceptors (Lipinski definition) is 4. The lowest BCUT2D eigenvalue weighted by atomic mass is 10.1. The maximum atomic E-state index is 12.1. The maximum absolute atomic E-state index is 12.1. The average Bonchev–Trinajstić information content (AvgIpc) is 2.57. The number of carbonyl (C=O) groups excluding carboxylic acids is 1. The summed E-state index contributed by atoms with van der Waals surface area (Å²) in [7, 11) is 0. The highest BCUT2D eigenvalue weighted by Crippen LogP contribution is 2.23. The number of β-amino-alcohol motifs (C(OH)–C–C–N with tert-alkyl or cyclic N) is 1. The van der Waals surface area contributed by atoms with Gasteiger partial charge in [0.15, 0.2) is 0 Å². The van der Waals surface area contributed by atoms with Gasteiger partial charge >= 0.3 is 0 Å². The molecular weight excluding hydrogens is 316 g/mol. The van der Waals surface area contributed by atoms with Crippen molar-refractivity contribution in [3.05, 3.63) is 54.1 Å². The van der Waals surface area contributed by atoms with Gasteiger partial charge in [-0.05, 0) is 68.3 Å². The molecule has 0 spiro atoms. The molecule has 132 valence electrons. The predicted molar refractivity (Wildman–Crippen MR) is 98.0 cm³/mol. The summed E-state index contributed by atoms with van der Waals surface area (Å²) in [6.07, 6.45) is 1.43. The first kappa shape index (κ1) is 17.5. The van der Waals surface area contributed by atoms with Crippen LogP contribution < -0.4 is 10.1 Å². The van der Waals surface area contributed by atoms with Crippen LogP contribution in [0, 0.1) is 6.92 Å². The van der Waals surface area contributed by atoms with E-state index in [1.807, 2.05) is 60.4 Å². The Morgan fingerprint density at radius 1 is 1.24 bits per heavy atom. The van der Waals surface area contributed by atoms with Crippen molar-refractivity contribution in [3.63, 3.8) is 0 Å². The van der Waals surface area contributed by atoms with Crippen LogP contribution in [-0.2, 0) is 4.79 Å². The van der Waals surface area contributed by atoms with Crippen LogP contribution in [0.15, 0.2) is 48.5 Å². The lowest BCUT2D eigenvalue weighted by molar-refractivity contribution is -0.118. The summed E-state index contributed by atoms with van der Waals surface area (Å²) in [4.78, 5) is 14.1. The number of piperidine rings is 1. The Morgan fingerprint density at radius 3 is 2.76 bits per heavy atom. The summed E-state index contributed by atoms with van der Waals surface area (Å²) in [5, 5.41) is 12.6. The van der Waals surface area contributed by atoms with Crippen molar-refractivity contribution in [2.45, 2.75) is 25.9 Å². The van der Waals surface area contributed by atoms with Crippen LogP contribution in [-0.4, -0.2) is 41.7 Å². The Balaban J connectivity index is 1.52. The molecule has 1 unspecified atom stereocenters. The van der Waals surface area contributed by atoms with Crippen LogP contribution in [0.5, 0.6) is 11.5 Å². The highest BCUT2D eigenvalue weighted by molar-refractivity contribution is 5.92. The fraction of sp³-hybridized carbons (Fsp3) is 0.350. The number of aliphatic hydroxyl groups excluding tert-OH is 1. The Hall–Kier alpha value is -2.37. The topological polar surface area (TPSA) is 61.8 Å². The van der Waals surface area contributed by atoms with E-state index in [-0.39, 0.29) is 12.0 Å². The summed E-state index contributed by atoms with van der Waals surface area (Å²) in [5.41, 5.74) is 1.88. The van der Waals surface area contributed by atoms with Gasteiger partial charge < -0.3 is 15.2 Å². The van der Waals surface area contributed by atoms with Crippen LogP contribution in [0.2, 0.25) is 0 Å². The zero-order chi connectivity index (χ0) is 17.6. The number of likely N-dealkylation sites (tertiary alicyclic amines) is 1. The molecule has 25 heavy (non-hydrogen) atoms. The van der Waals surface area contributed by atoms with E-state index in [1.165, 1.54) is 0 Å². The number of amides is 1. The Labute approximate surface area is 148 Å². The normalized spacial score (nSPS) is 17.9. The number of carbonyl (C=O) groups is 1. The van der Waals surface area contributed by atoms with E-state index < -0.39 is 0 Å². The van der Waals surface area contributed by atoms with Gasteiger partial charge in [0.05, 0.1) is 12.6 Å². The molecule has 0 aromatic heterocycles. The second kappa shape index (κ2) is 8.14. The molecule has 5 nitrogen and oxygen atoms in total. The summed E-state index contributed by atoms with van der Waals surface area (Å²) in [6.45, 7) is 3.75. The van der Waals surface area contributed by atoms with E-state index in [0.717, 1.165) is 42.1 Å². The highest BCUT2D eigenvalue weighted by atomic mass is 16.5. The van der Waals surface area contributed by atoms with Gasteiger partial charge in [0.1, 0.15) is 11.5 Å². The van der Waals surface area contributed by atoms with Crippen molar-refractivity contribution in [1.29, 1.82) is 0 Å². The van der Waals surface area contributed by atoms with Crippen molar-refractivity contribution in [2.75, 3.05) is 25.0 Å². The largest absolute Gasteiger partial charge is 0.457 e. The molecule has 1 aliphatic rings. The Morgan fingerprint density at radius 2 is 2.04 bits per heavy atom. The molecule has 5 heteroatoms. The van der Waals surface area contributed by atoms with Gasteiger partial charge in [-0.1, -0.05) is 12.1 Å². The SMILES string of the molecule is Cc1cccc(Oc2ccc(NC(=O)CN3CCCC(O)C3)cc2)c1. The number of aliphatic hydroxyl groups is 1. The second-order valence-electron chi connectivity index (χ2n) is 6.52. The highest BCUT2D eigenvalue weighted by Gasteiger charge is 2.19. The lowest BCUT2D eigenvalue weighted by Crippen LogP contribution is -2.42. The fourth-order valence-electron chi connectivity index (χ4n) is 3.00. The van der Waals surface area contributed by atoms with Crippen molar-refractivity contribution in [3.8, 4) is 11.5 Å². The third-order valence-corrected chi connectivity index (χ3v) is 4.21. The van der Waals surface area contributed by atoms with Crippen molar-refractivity contribution in [1.82, 2.24) is 4.90 Å². The molecule has 3 rings (SSSR count). The van der Waals surface area contributed by atoms with E-state index in [1.54, 1.807) is 0 Å². The first-order valence-electron chi connectivity index (χ1n) is 8.63. The van der Waals surface area contributed by atoms with Crippen LogP contribution in [0.3, 0.4) is 0 Å². The van der Waals surface area contributed by atoms with Crippen LogP contribution in [0.25, 0.3) is 0 Å². The molecule has 1 atom stereocenters. The summed E-state index contributed by atoms with van der Waals surface area (Å²) in [5.74, 6) is 1.45. The smallest absolute Gasteiger partial charge is 0.238 e. The molecule has 0 bridgehead atoms. The number of benzene rings is 2. The molecule has 0 aliphatic carbocycles. The van der Waals surface area contributed by atoms with E-state index in [9.17, 15) is 9.90 Å². The lowest BCUT2D eigenvalue weighted by Gasteiger charge is -2.29. The molecule has 0 radical (unpaired) electrons. The predicted octanol–water partition coefficient (Wildman–Crippen LogP) is 3.18. The Bertz CT molecular complexity index is 715. The van der Waals surface area contributed by atoms with Gasteiger partial charge in [0, 0.05) is 12.2 Å². The van der Waals surface area contributed by atoms with Crippen molar-refractivity contribution >= 4 is 11.6 Å². The number of aryl methyl sites for hydroxylation is 1. The zero-order valence-corrected chi connectivity index (χ0v) is 14.4. The van der Waals surface area contributed by atoms with Crippen molar-refractivity contribution < 1.29 is 14.6 Å². The molecule has 0 saturated carbocycles. The molecule has 2 aromatic rings. The summed E-state index contributed by atoms with van der Waals surface area (Å²) in [6, 6.07) is 15.2. The minimum atomic E-state index is -0.320. The number of ether oxygens (including phenoxy) is 1. The third kappa shape index (κ3) is 5.31. The number of hydrogen-bond donors (Lipinski definition) is 2. The first-order chi connectivity index (χ1) is 12.1. The van der Waals surface area contributed by atoms with Gasteiger partial charge in [0.2, 0.25) is 5.91 Å². The molecule has 1 heterocycles. The molecule has 2 N–H and O–H groups in total. The third-order valence-electron chi connectivity index (χ3n) is 4.21. The number of anilines is 1. The molecule has 1 amide bonds. The summed E-state index contributed by atoms with van der Waals surface area (Å²) < 4.78 is 5.80. The Kier molecular flexibility index (Phi) is 5.68. The van der Waals surface area contributed by atoms with Gasteiger partial charge in [-0.15, -0.1) is 0 Å². The van der Waals surface area contributed by atoms with Gasteiger partial charge in [-0.3, -0.25) is 9.69 Å². The first-order valence-corrected chi connectivity index (χ1v) is 8.63. The van der Waals surface area contributed by atoms with E-state index in [4.69, 9.17) is 4.74 Å². The second-order valence-corrected chi connectivity index (χ2v) is 6.52. The molecule has 2 aromatic carbocycles. The van der Waals surface area contributed by atoms with Gasteiger partial charge in [-0.25, -0.2) is 0 Å². The molecule has 1 aliphatic heterocycles.